The Kier molecular flexibility index (Phi) is 7.88. The molecule has 2 rings (SSSR count). The van der Waals surface area contributed by atoms with Crippen LogP contribution in [0.25, 0.3) is 0 Å². The predicted molar refractivity (Wildman–Crippen MR) is 101 cm³/mol. The maximum absolute atomic E-state index is 12.1. The molecule has 0 bridgehead atoms. The van der Waals surface area contributed by atoms with Crippen molar-refractivity contribution in [2.24, 2.45) is 0 Å². The molecule has 2 aromatic carbocycles. The molecule has 0 aliphatic carbocycles. The van der Waals surface area contributed by atoms with Gasteiger partial charge in [0, 0.05) is 13.1 Å². The van der Waals surface area contributed by atoms with Gasteiger partial charge < -0.3 is 20.7 Å². The van der Waals surface area contributed by atoms with Gasteiger partial charge in [-0.05, 0) is 30.2 Å². The molecule has 3 amide bonds. The molecule has 2 aromatic rings. The summed E-state index contributed by atoms with van der Waals surface area (Å²) in [5.41, 5.74) is 2.75. The van der Waals surface area contributed by atoms with Crippen LogP contribution in [0, 0.1) is 6.92 Å². The minimum atomic E-state index is -4.40. The molecule has 3 N–H and O–H groups in total. The van der Waals surface area contributed by atoms with Gasteiger partial charge in [0.25, 0.3) is 0 Å². The molecule has 156 valence electrons. The summed E-state index contributed by atoms with van der Waals surface area (Å²) < 4.78 is 40.9. The van der Waals surface area contributed by atoms with E-state index in [0.717, 1.165) is 11.1 Å². The normalized spacial score (nSPS) is 10.9. The summed E-state index contributed by atoms with van der Waals surface area (Å²) >= 11 is 0. The van der Waals surface area contributed by atoms with E-state index in [4.69, 9.17) is 0 Å². The first-order valence-electron chi connectivity index (χ1n) is 8.84. The predicted octanol–water partition coefficient (Wildman–Crippen LogP) is 3.05. The Hall–Kier alpha value is -3.23. The van der Waals surface area contributed by atoms with Crippen LogP contribution in [-0.2, 0) is 17.9 Å². The Balaban J connectivity index is 1.64. The van der Waals surface area contributed by atoms with Gasteiger partial charge in [0.05, 0.1) is 6.54 Å². The smallest absolute Gasteiger partial charge is 0.422 e. The van der Waals surface area contributed by atoms with E-state index in [9.17, 15) is 22.8 Å². The quantitative estimate of drug-likeness (QED) is 0.627. The number of carbonyl (C=O) groups is 2. The summed E-state index contributed by atoms with van der Waals surface area (Å²) in [6, 6.07) is 13.1. The second kappa shape index (κ2) is 10.4. The molecule has 29 heavy (non-hydrogen) atoms. The maximum atomic E-state index is 12.1. The number of carbonyl (C=O) groups excluding carboxylic acids is 2. The van der Waals surface area contributed by atoms with Gasteiger partial charge in [0.2, 0.25) is 5.91 Å². The lowest BCUT2D eigenvalue weighted by Gasteiger charge is -2.10. The first-order valence-corrected chi connectivity index (χ1v) is 8.84. The van der Waals surface area contributed by atoms with Crippen LogP contribution in [-0.4, -0.2) is 31.3 Å². The Morgan fingerprint density at radius 1 is 0.862 bits per heavy atom. The highest BCUT2D eigenvalue weighted by atomic mass is 19.4. The van der Waals surface area contributed by atoms with E-state index in [1.807, 2.05) is 31.2 Å². The molecule has 0 unspecified atom stereocenters. The van der Waals surface area contributed by atoms with Gasteiger partial charge in [-0.25, -0.2) is 4.79 Å². The van der Waals surface area contributed by atoms with E-state index in [1.54, 1.807) is 12.1 Å². The topological polar surface area (TPSA) is 79.5 Å². The Morgan fingerprint density at radius 3 is 2.00 bits per heavy atom. The number of ether oxygens (including phenoxy) is 1. The lowest BCUT2D eigenvalue weighted by atomic mass is 10.1. The number of benzene rings is 2. The van der Waals surface area contributed by atoms with Crippen molar-refractivity contribution < 1.29 is 27.5 Å². The summed E-state index contributed by atoms with van der Waals surface area (Å²) in [7, 11) is 0. The highest BCUT2D eigenvalue weighted by molar-refractivity contribution is 5.83. The SMILES string of the molecule is Cc1ccc(CNC(=O)NCC(=O)NCc2ccc(OCC(F)(F)F)cc2)cc1. The van der Waals surface area contributed by atoms with Gasteiger partial charge in [-0.15, -0.1) is 0 Å². The van der Waals surface area contributed by atoms with E-state index in [1.165, 1.54) is 12.1 Å². The molecule has 6 nitrogen and oxygen atoms in total. The van der Waals surface area contributed by atoms with Crippen LogP contribution in [0.2, 0.25) is 0 Å². The molecule has 9 heteroatoms. The average molecular weight is 409 g/mol. The van der Waals surface area contributed by atoms with Crippen molar-refractivity contribution in [3.8, 4) is 5.75 Å². The number of urea groups is 1. The molecule has 0 fully saturated rings. The van der Waals surface area contributed by atoms with Crippen LogP contribution < -0.4 is 20.7 Å². The molecule has 0 atom stereocenters. The first-order chi connectivity index (χ1) is 13.7. The van der Waals surface area contributed by atoms with E-state index >= 15 is 0 Å². The maximum Gasteiger partial charge on any atom is 0.422 e. The van der Waals surface area contributed by atoms with Gasteiger partial charge in [-0.2, -0.15) is 13.2 Å². The molecule has 0 radical (unpaired) electrons. The first kappa shape index (κ1) is 22.1. The lowest BCUT2D eigenvalue weighted by molar-refractivity contribution is -0.153. The van der Waals surface area contributed by atoms with Gasteiger partial charge in [0.1, 0.15) is 5.75 Å². The molecule has 0 spiro atoms. The molecule has 0 saturated heterocycles. The summed E-state index contributed by atoms with van der Waals surface area (Å²) in [4.78, 5) is 23.5. The molecule has 0 aromatic heterocycles. The second-order valence-corrected chi connectivity index (χ2v) is 6.35. The van der Waals surface area contributed by atoms with Crippen LogP contribution in [0.5, 0.6) is 5.75 Å². The Bertz CT molecular complexity index is 806. The van der Waals surface area contributed by atoms with E-state index in [-0.39, 0.29) is 18.8 Å². The fraction of sp³-hybridized carbons (Fsp3) is 0.300. The number of rotatable bonds is 8. The monoisotopic (exact) mass is 409 g/mol. The zero-order valence-electron chi connectivity index (χ0n) is 15.8. The summed E-state index contributed by atoms with van der Waals surface area (Å²) in [6.45, 7) is 0.924. The van der Waals surface area contributed by atoms with E-state index < -0.39 is 24.7 Å². The minimum absolute atomic E-state index is 0.0873. The van der Waals surface area contributed by atoms with Crippen molar-refractivity contribution in [1.82, 2.24) is 16.0 Å². The van der Waals surface area contributed by atoms with Crippen molar-refractivity contribution in [1.29, 1.82) is 0 Å². The van der Waals surface area contributed by atoms with Crippen LogP contribution in [0.3, 0.4) is 0 Å². The van der Waals surface area contributed by atoms with Gasteiger partial charge in [-0.1, -0.05) is 42.0 Å². The molecule has 0 aliphatic rings. The molecular formula is C20H22F3N3O3. The van der Waals surface area contributed by atoms with Crippen molar-refractivity contribution in [2.75, 3.05) is 13.2 Å². The summed E-state index contributed by atoms with van der Waals surface area (Å²) in [5.74, 6) is -0.308. The number of nitrogens with one attached hydrogen (secondary N) is 3. The number of hydrogen-bond donors (Lipinski definition) is 3. The van der Waals surface area contributed by atoms with Crippen LogP contribution in [0.1, 0.15) is 16.7 Å². The lowest BCUT2D eigenvalue weighted by Crippen LogP contribution is -2.41. The molecule has 0 heterocycles. The Labute approximate surface area is 166 Å². The van der Waals surface area contributed by atoms with Gasteiger partial charge >= 0.3 is 12.2 Å². The molecule has 0 saturated carbocycles. The van der Waals surface area contributed by atoms with E-state index in [2.05, 4.69) is 20.7 Å². The largest absolute Gasteiger partial charge is 0.484 e. The zero-order chi connectivity index (χ0) is 21.3. The average Bonchev–Trinajstić information content (AvgIpc) is 2.69. The number of alkyl halides is 3. The van der Waals surface area contributed by atoms with Crippen LogP contribution in [0.4, 0.5) is 18.0 Å². The zero-order valence-corrected chi connectivity index (χ0v) is 15.8. The fourth-order valence-electron chi connectivity index (χ4n) is 2.24. The van der Waals surface area contributed by atoms with Crippen molar-refractivity contribution >= 4 is 11.9 Å². The van der Waals surface area contributed by atoms with Crippen LogP contribution >= 0.6 is 0 Å². The van der Waals surface area contributed by atoms with Crippen LogP contribution in [0.15, 0.2) is 48.5 Å². The highest BCUT2D eigenvalue weighted by Gasteiger charge is 2.28. The van der Waals surface area contributed by atoms with E-state index in [0.29, 0.717) is 12.1 Å². The third-order valence-electron chi connectivity index (χ3n) is 3.80. The third kappa shape index (κ3) is 9.00. The highest BCUT2D eigenvalue weighted by Crippen LogP contribution is 2.18. The second-order valence-electron chi connectivity index (χ2n) is 6.35. The number of aryl methyl sites for hydroxylation is 1. The Morgan fingerprint density at radius 2 is 1.41 bits per heavy atom. The van der Waals surface area contributed by atoms with Gasteiger partial charge in [0.15, 0.2) is 6.61 Å². The summed E-state index contributed by atoms with van der Waals surface area (Å²) in [5, 5.41) is 7.71. The standard InChI is InChI=1S/C20H22F3N3O3/c1-14-2-4-15(5-3-14)11-25-19(28)26-12-18(27)24-10-16-6-8-17(9-7-16)29-13-20(21,22)23/h2-9H,10-13H2,1H3,(H,24,27)(H2,25,26,28). The number of halogens is 3. The number of hydrogen-bond acceptors (Lipinski definition) is 3. The van der Waals surface area contributed by atoms with Crippen molar-refractivity contribution in [2.45, 2.75) is 26.2 Å². The molecule has 0 aliphatic heterocycles. The van der Waals surface area contributed by atoms with Gasteiger partial charge in [-0.3, -0.25) is 4.79 Å². The summed E-state index contributed by atoms with van der Waals surface area (Å²) in [6.07, 6.45) is -4.40. The van der Waals surface area contributed by atoms with Crippen molar-refractivity contribution in [3.05, 3.63) is 65.2 Å². The number of amides is 3. The third-order valence-corrected chi connectivity index (χ3v) is 3.80. The fourth-order valence-corrected chi connectivity index (χ4v) is 2.24. The molecular weight excluding hydrogens is 387 g/mol. The minimum Gasteiger partial charge on any atom is -0.484 e. The van der Waals surface area contributed by atoms with Crippen molar-refractivity contribution in [3.63, 3.8) is 0 Å².